The molecule has 1 fully saturated rings. The van der Waals surface area contributed by atoms with Gasteiger partial charge in [-0.15, -0.1) is 11.3 Å². The molecule has 112 valence electrons. The molecular weight excluding hydrogens is 286 g/mol. The van der Waals surface area contributed by atoms with Gasteiger partial charge in [-0.2, -0.15) is 5.10 Å². The van der Waals surface area contributed by atoms with Gasteiger partial charge in [0, 0.05) is 19.2 Å². The summed E-state index contributed by atoms with van der Waals surface area (Å²) in [4.78, 5) is 15.5. The number of nitrogens with one attached hydrogen (secondary N) is 1. The molecule has 3 rings (SSSR count). The van der Waals surface area contributed by atoms with Crippen LogP contribution in [0.2, 0.25) is 0 Å². The number of amides is 1. The number of piperidine rings is 1. The minimum Gasteiger partial charge on any atom is -0.396 e. The number of H-pyrrole nitrogens is 1. The van der Waals surface area contributed by atoms with Gasteiger partial charge in [-0.25, -0.2) is 0 Å². The molecule has 0 aromatic carbocycles. The smallest absolute Gasteiger partial charge is 0.274 e. The maximum absolute atomic E-state index is 12.6. The lowest BCUT2D eigenvalue weighted by Gasteiger charge is -2.37. The molecule has 0 radical (unpaired) electrons. The van der Waals surface area contributed by atoms with E-state index in [1.54, 1.807) is 11.3 Å². The second kappa shape index (κ2) is 5.99. The van der Waals surface area contributed by atoms with E-state index in [4.69, 9.17) is 0 Å². The van der Waals surface area contributed by atoms with E-state index in [2.05, 4.69) is 17.1 Å². The molecule has 3 heterocycles. The molecule has 0 saturated carbocycles. The predicted octanol–water partition coefficient (Wildman–Crippen LogP) is 2.37. The van der Waals surface area contributed by atoms with Crippen LogP contribution in [0.25, 0.3) is 10.6 Å². The van der Waals surface area contributed by atoms with Crippen molar-refractivity contribution in [3.05, 3.63) is 29.3 Å². The Bertz CT molecular complexity index is 608. The largest absolute Gasteiger partial charge is 0.396 e. The summed E-state index contributed by atoms with van der Waals surface area (Å²) in [6.45, 7) is 2.80. The number of hydrogen-bond acceptors (Lipinski definition) is 4. The molecule has 6 heteroatoms. The SMILES string of the molecule is CC1CCC(CO)CN1C(=O)c1cc(-c2cccs2)[nH]n1. The lowest BCUT2D eigenvalue weighted by atomic mass is 9.94. The Hall–Kier alpha value is -1.66. The van der Waals surface area contributed by atoms with Gasteiger partial charge in [-0.3, -0.25) is 9.89 Å². The molecule has 2 atom stereocenters. The topological polar surface area (TPSA) is 69.2 Å². The number of aliphatic hydroxyl groups is 1. The predicted molar refractivity (Wildman–Crippen MR) is 82.2 cm³/mol. The highest BCUT2D eigenvalue weighted by Crippen LogP contribution is 2.26. The first-order valence-electron chi connectivity index (χ1n) is 7.20. The van der Waals surface area contributed by atoms with Gasteiger partial charge < -0.3 is 10.0 Å². The van der Waals surface area contributed by atoms with Crippen molar-refractivity contribution in [1.29, 1.82) is 0 Å². The number of rotatable bonds is 3. The number of aromatic nitrogens is 2. The lowest BCUT2D eigenvalue weighted by molar-refractivity contribution is 0.0483. The van der Waals surface area contributed by atoms with E-state index in [0.717, 1.165) is 23.4 Å². The Morgan fingerprint density at radius 3 is 3.14 bits per heavy atom. The highest BCUT2D eigenvalue weighted by Gasteiger charge is 2.30. The van der Waals surface area contributed by atoms with Gasteiger partial charge in [-0.1, -0.05) is 6.07 Å². The monoisotopic (exact) mass is 305 g/mol. The van der Waals surface area contributed by atoms with Crippen molar-refractivity contribution in [2.24, 2.45) is 5.92 Å². The van der Waals surface area contributed by atoms with Crippen LogP contribution in [-0.2, 0) is 0 Å². The van der Waals surface area contributed by atoms with Crippen molar-refractivity contribution in [1.82, 2.24) is 15.1 Å². The van der Waals surface area contributed by atoms with Gasteiger partial charge in [0.05, 0.1) is 10.6 Å². The number of carbonyl (C=O) groups excluding carboxylic acids is 1. The molecule has 0 bridgehead atoms. The van der Waals surface area contributed by atoms with Gasteiger partial charge in [0.25, 0.3) is 5.91 Å². The molecule has 2 unspecified atom stereocenters. The molecule has 0 spiro atoms. The van der Waals surface area contributed by atoms with E-state index in [1.807, 2.05) is 28.5 Å². The van der Waals surface area contributed by atoms with E-state index < -0.39 is 0 Å². The average Bonchev–Trinajstić information content (AvgIpc) is 3.18. The van der Waals surface area contributed by atoms with Crippen LogP contribution in [0.15, 0.2) is 23.6 Å². The maximum atomic E-state index is 12.6. The third kappa shape index (κ3) is 2.87. The zero-order valence-corrected chi connectivity index (χ0v) is 12.8. The van der Waals surface area contributed by atoms with Crippen molar-refractivity contribution < 1.29 is 9.90 Å². The second-order valence-corrected chi connectivity index (χ2v) is 6.52. The summed E-state index contributed by atoms with van der Waals surface area (Å²) in [5.41, 5.74) is 1.32. The number of carbonyl (C=O) groups is 1. The fraction of sp³-hybridized carbons (Fsp3) is 0.467. The van der Waals surface area contributed by atoms with Gasteiger partial charge in [0.1, 0.15) is 0 Å². The fourth-order valence-corrected chi connectivity index (χ4v) is 3.44. The van der Waals surface area contributed by atoms with E-state index in [0.29, 0.717) is 12.2 Å². The zero-order chi connectivity index (χ0) is 14.8. The second-order valence-electron chi connectivity index (χ2n) is 5.58. The first-order valence-corrected chi connectivity index (χ1v) is 8.08. The van der Waals surface area contributed by atoms with Crippen LogP contribution >= 0.6 is 11.3 Å². The van der Waals surface area contributed by atoms with Crippen molar-refractivity contribution in [3.8, 4) is 10.6 Å². The summed E-state index contributed by atoms with van der Waals surface area (Å²) in [6, 6.07) is 5.98. The van der Waals surface area contributed by atoms with Crippen LogP contribution in [0, 0.1) is 5.92 Å². The van der Waals surface area contributed by atoms with Crippen molar-refractivity contribution in [2.75, 3.05) is 13.2 Å². The van der Waals surface area contributed by atoms with Crippen molar-refractivity contribution >= 4 is 17.2 Å². The summed E-state index contributed by atoms with van der Waals surface area (Å²) in [5.74, 6) is 0.126. The summed E-state index contributed by atoms with van der Waals surface area (Å²) < 4.78 is 0. The molecule has 1 aliphatic rings. The first-order chi connectivity index (χ1) is 10.2. The van der Waals surface area contributed by atoms with E-state index in [1.165, 1.54) is 0 Å². The summed E-state index contributed by atoms with van der Waals surface area (Å²) >= 11 is 1.61. The number of nitrogens with zero attached hydrogens (tertiary/aromatic N) is 2. The Morgan fingerprint density at radius 2 is 2.43 bits per heavy atom. The molecule has 5 nitrogen and oxygen atoms in total. The number of thiophene rings is 1. The molecule has 1 saturated heterocycles. The normalized spacial score (nSPS) is 22.5. The number of aromatic amines is 1. The number of aliphatic hydroxyl groups excluding tert-OH is 1. The molecule has 2 aromatic rings. The zero-order valence-electron chi connectivity index (χ0n) is 12.0. The summed E-state index contributed by atoms with van der Waals surface area (Å²) in [6.07, 6.45) is 1.90. The third-order valence-corrected chi connectivity index (χ3v) is 4.99. The molecular formula is C15H19N3O2S. The third-order valence-electron chi connectivity index (χ3n) is 4.08. The van der Waals surface area contributed by atoms with E-state index >= 15 is 0 Å². The average molecular weight is 305 g/mol. The molecule has 1 amide bonds. The highest BCUT2D eigenvalue weighted by atomic mass is 32.1. The van der Waals surface area contributed by atoms with Crippen LogP contribution in [0.3, 0.4) is 0 Å². The van der Waals surface area contributed by atoms with Crippen LogP contribution in [0.4, 0.5) is 0 Å². The number of likely N-dealkylation sites (tertiary alicyclic amines) is 1. The minimum atomic E-state index is -0.0558. The Balaban J connectivity index is 1.78. The molecule has 2 N–H and O–H groups in total. The van der Waals surface area contributed by atoms with Crippen LogP contribution in [0.1, 0.15) is 30.3 Å². The van der Waals surface area contributed by atoms with Gasteiger partial charge in [0.2, 0.25) is 0 Å². The van der Waals surface area contributed by atoms with E-state index in [-0.39, 0.29) is 24.5 Å². The minimum absolute atomic E-state index is 0.0558. The van der Waals surface area contributed by atoms with Gasteiger partial charge in [0.15, 0.2) is 5.69 Å². The first kappa shape index (κ1) is 14.3. The lowest BCUT2D eigenvalue weighted by Crippen LogP contribution is -2.46. The van der Waals surface area contributed by atoms with Crippen molar-refractivity contribution in [3.63, 3.8) is 0 Å². The van der Waals surface area contributed by atoms with Crippen LogP contribution < -0.4 is 0 Å². The molecule has 1 aliphatic heterocycles. The Kier molecular flexibility index (Phi) is 4.07. The maximum Gasteiger partial charge on any atom is 0.274 e. The van der Waals surface area contributed by atoms with Gasteiger partial charge in [-0.05, 0) is 43.2 Å². The summed E-state index contributed by atoms with van der Waals surface area (Å²) in [5, 5.41) is 18.4. The van der Waals surface area contributed by atoms with Gasteiger partial charge >= 0.3 is 0 Å². The standard InChI is InChI=1S/C15H19N3O2S/c1-10-4-5-11(9-19)8-18(10)15(20)13-7-12(16-17-13)14-3-2-6-21-14/h2-3,6-7,10-11,19H,4-5,8-9H2,1H3,(H,16,17). The summed E-state index contributed by atoms with van der Waals surface area (Å²) in [7, 11) is 0. The van der Waals surface area contributed by atoms with Crippen LogP contribution in [0.5, 0.6) is 0 Å². The fourth-order valence-electron chi connectivity index (χ4n) is 2.75. The Labute approximate surface area is 127 Å². The van der Waals surface area contributed by atoms with Crippen LogP contribution in [-0.4, -0.2) is 45.3 Å². The van der Waals surface area contributed by atoms with Crippen molar-refractivity contribution in [2.45, 2.75) is 25.8 Å². The highest BCUT2D eigenvalue weighted by molar-refractivity contribution is 7.13. The van der Waals surface area contributed by atoms with E-state index in [9.17, 15) is 9.90 Å². The molecule has 2 aromatic heterocycles. The Morgan fingerprint density at radius 1 is 1.57 bits per heavy atom. The molecule has 0 aliphatic carbocycles. The molecule has 21 heavy (non-hydrogen) atoms. The number of hydrogen-bond donors (Lipinski definition) is 2. The quantitative estimate of drug-likeness (QED) is 0.914.